The van der Waals surface area contributed by atoms with E-state index in [4.69, 9.17) is 4.74 Å². The van der Waals surface area contributed by atoms with Gasteiger partial charge in [-0.3, -0.25) is 0 Å². The first kappa shape index (κ1) is 15.2. The van der Waals surface area contributed by atoms with Crippen molar-refractivity contribution in [1.82, 2.24) is 9.55 Å². The van der Waals surface area contributed by atoms with Crippen molar-refractivity contribution >= 4 is 34.2 Å². The summed E-state index contributed by atoms with van der Waals surface area (Å²) in [7, 11) is 1.68. The molecule has 4 nitrogen and oxygen atoms in total. The standard InChI is InChI=1S/C14H17FIN3O/c1-9-7-19(10(2)8-20-3)14(17-9)18-13-5-4-11(15)6-12(13)16/h4-7,10H,8H2,1-3H3,(H,17,18). The van der Waals surface area contributed by atoms with E-state index in [2.05, 4.69) is 39.8 Å². The largest absolute Gasteiger partial charge is 0.383 e. The summed E-state index contributed by atoms with van der Waals surface area (Å²) in [6, 6.07) is 4.80. The monoisotopic (exact) mass is 389 g/mol. The fraction of sp³-hybridized carbons (Fsp3) is 0.357. The van der Waals surface area contributed by atoms with Crippen LogP contribution in [0.5, 0.6) is 0 Å². The molecule has 0 aliphatic rings. The van der Waals surface area contributed by atoms with Gasteiger partial charge in [-0.25, -0.2) is 9.37 Å². The van der Waals surface area contributed by atoms with Gasteiger partial charge in [0, 0.05) is 16.9 Å². The second-order valence-corrected chi connectivity index (χ2v) is 5.83. The van der Waals surface area contributed by atoms with Crippen molar-refractivity contribution in [3.63, 3.8) is 0 Å². The Labute approximate surface area is 131 Å². The van der Waals surface area contributed by atoms with Crippen molar-refractivity contribution in [2.45, 2.75) is 19.9 Å². The molecule has 2 aromatic rings. The highest BCUT2D eigenvalue weighted by atomic mass is 127. The summed E-state index contributed by atoms with van der Waals surface area (Å²) in [5.41, 5.74) is 1.76. The van der Waals surface area contributed by atoms with E-state index in [0.29, 0.717) is 6.61 Å². The third-order valence-electron chi connectivity index (χ3n) is 2.91. The van der Waals surface area contributed by atoms with Crippen LogP contribution in [0.3, 0.4) is 0 Å². The second kappa shape index (κ2) is 6.53. The van der Waals surface area contributed by atoms with Gasteiger partial charge in [-0.2, -0.15) is 0 Å². The minimum absolute atomic E-state index is 0.168. The molecular weight excluding hydrogens is 372 g/mol. The SMILES string of the molecule is COCC(C)n1cc(C)nc1Nc1ccc(F)cc1I. The number of benzene rings is 1. The smallest absolute Gasteiger partial charge is 0.207 e. The Hall–Kier alpha value is -1.15. The first-order chi connectivity index (χ1) is 9.51. The topological polar surface area (TPSA) is 39.1 Å². The van der Waals surface area contributed by atoms with Crippen molar-refractivity contribution in [2.24, 2.45) is 0 Å². The predicted molar refractivity (Wildman–Crippen MR) is 86.0 cm³/mol. The van der Waals surface area contributed by atoms with E-state index in [9.17, 15) is 4.39 Å². The third kappa shape index (κ3) is 3.49. The maximum atomic E-state index is 13.1. The van der Waals surface area contributed by atoms with Crippen LogP contribution in [0.2, 0.25) is 0 Å². The Kier molecular flexibility index (Phi) is 4.98. The number of methoxy groups -OCH3 is 1. The fourth-order valence-electron chi connectivity index (χ4n) is 1.98. The highest BCUT2D eigenvalue weighted by Crippen LogP contribution is 2.25. The number of nitrogens with zero attached hydrogens (tertiary/aromatic N) is 2. The van der Waals surface area contributed by atoms with E-state index >= 15 is 0 Å². The molecule has 0 aliphatic heterocycles. The van der Waals surface area contributed by atoms with Gasteiger partial charge in [0.1, 0.15) is 5.82 Å². The number of anilines is 2. The van der Waals surface area contributed by atoms with Gasteiger partial charge in [0.05, 0.1) is 24.0 Å². The van der Waals surface area contributed by atoms with Gasteiger partial charge in [0.25, 0.3) is 0 Å². The molecule has 2 rings (SSSR count). The Morgan fingerprint density at radius 1 is 1.50 bits per heavy atom. The summed E-state index contributed by atoms with van der Waals surface area (Å²) in [4.78, 5) is 4.47. The van der Waals surface area contributed by atoms with Crippen LogP contribution >= 0.6 is 22.6 Å². The highest BCUT2D eigenvalue weighted by molar-refractivity contribution is 14.1. The number of imidazole rings is 1. The normalized spacial score (nSPS) is 12.4. The second-order valence-electron chi connectivity index (χ2n) is 4.67. The van der Waals surface area contributed by atoms with Gasteiger partial charge in [-0.05, 0) is 54.6 Å². The lowest BCUT2D eigenvalue weighted by atomic mass is 10.3. The average molecular weight is 389 g/mol. The van der Waals surface area contributed by atoms with Crippen LogP contribution in [0, 0.1) is 16.3 Å². The molecule has 0 bridgehead atoms. The zero-order valence-electron chi connectivity index (χ0n) is 11.7. The van der Waals surface area contributed by atoms with Gasteiger partial charge in [0.2, 0.25) is 5.95 Å². The minimum atomic E-state index is -0.243. The molecule has 6 heteroatoms. The van der Waals surface area contributed by atoms with E-state index < -0.39 is 0 Å². The van der Waals surface area contributed by atoms with Gasteiger partial charge >= 0.3 is 0 Å². The summed E-state index contributed by atoms with van der Waals surface area (Å²) in [5, 5.41) is 3.25. The molecule has 0 radical (unpaired) electrons. The van der Waals surface area contributed by atoms with Crippen molar-refractivity contribution < 1.29 is 9.13 Å². The number of aryl methyl sites for hydroxylation is 1. The van der Waals surface area contributed by atoms with Crippen LogP contribution in [0.25, 0.3) is 0 Å². The van der Waals surface area contributed by atoms with E-state index in [1.165, 1.54) is 12.1 Å². The van der Waals surface area contributed by atoms with E-state index in [-0.39, 0.29) is 11.9 Å². The van der Waals surface area contributed by atoms with E-state index in [0.717, 1.165) is 20.9 Å². The maximum Gasteiger partial charge on any atom is 0.207 e. The Bertz CT molecular complexity index is 600. The number of ether oxygens (including phenoxy) is 1. The molecule has 1 N–H and O–H groups in total. The first-order valence-corrected chi connectivity index (χ1v) is 7.35. The lowest BCUT2D eigenvalue weighted by Gasteiger charge is -2.16. The molecule has 0 saturated carbocycles. The van der Waals surface area contributed by atoms with Crippen molar-refractivity contribution in [3.05, 3.63) is 39.5 Å². The molecular formula is C14H17FIN3O. The van der Waals surface area contributed by atoms with Crippen molar-refractivity contribution in [1.29, 1.82) is 0 Å². The van der Waals surface area contributed by atoms with Gasteiger partial charge in [-0.1, -0.05) is 0 Å². The summed E-state index contributed by atoms with van der Waals surface area (Å²) >= 11 is 2.10. The molecule has 108 valence electrons. The molecule has 0 saturated heterocycles. The summed E-state index contributed by atoms with van der Waals surface area (Å²) in [6.45, 7) is 4.60. The van der Waals surface area contributed by atoms with Crippen LogP contribution in [0.4, 0.5) is 16.0 Å². The minimum Gasteiger partial charge on any atom is -0.383 e. The van der Waals surface area contributed by atoms with Gasteiger partial charge < -0.3 is 14.6 Å². The predicted octanol–water partition coefficient (Wildman–Crippen LogP) is 3.89. The molecule has 0 fully saturated rings. The first-order valence-electron chi connectivity index (χ1n) is 6.27. The third-order valence-corrected chi connectivity index (χ3v) is 3.81. The number of halogens is 2. The van der Waals surface area contributed by atoms with Crippen LogP contribution < -0.4 is 5.32 Å². The molecule has 0 aliphatic carbocycles. The maximum absolute atomic E-state index is 13.1. The zero-order valence-corrected chi connectivity index (χ0v) is 13.8. The Morgan fingerprint density at radius 3 is 2.90 bits per heavy atom. The van der Waals surface area contributed by atoms with Gasteiger partial charge in [0.15, 0.2) is 0 Å². The molecule has 1 atom stereocenters. The van der Waals surface area contributed by atoms with Crippen LogP contribution in [0.1, 0.15) is 18.7 Å². The van der Waals surface area contributed by atoms with E-state index in [1.807, 2.05) is 17.7 Å². The Morgan fingerprint density at radius 2 is 2.25 bits per heavy atom. The molecule has 0 amide bonds. The number of nitrogens with one attached hydrogen (secondary N) is 1. The molecule has 1 heterocycles. The van der Waals surface area contributed by atoms with Crippen LogP contribution in [-0.2, 0) is 4.74 Å². The number of aromatic nitrogens is 2. The number of rotatable bonds is 5. The Balaban J connectivity index is 2.29. The molecule has 1 aromatic heterocycles. The quantitative estimate of drug-likeness (QED) is 0.789. The lowest BCUT2D eigenvalue weighted by Crippen LogP contribution is -2.13. The highest BCUT2D eigenvalue weighted by Gasteiger charge is 2.13. The molecule has 1 aromatic carbocycles. The summed E-state index contributed by atoms with van der Waals surface area (Å²) < 4.78 is 21.2. The van der Waals surface area contributed by atoms with Crippen LogP contribution in [0.15, 0.2) is 24.4 Å². The summed E-state index contributed by atoms with van der Waals surface area (Å²) in [5.74, 6) is 0.490. The summed E-state index contributed by atoms with van der Waals surface area (Å²) in [6.07, 6.45) is 1.97. The molecule has 20 heavy (non-hydrogen) atoms. The number of hydrogen-bond donors (Lipinski definition) is 1. The molecule has 1 unspecified atom stereocenters. The van der Waals surface area contributed by atoms with Crippen molar-refractivity contribution in [2.75, 3.05) is 19.0 Å². The zero-order chi connectivity index (χ0) is 14.7. The van der Waals surface area contributed by atoms with Gasteiger partial charge in [-0.15, -0.1) is 0 Å². The average Bonchev–Trinajstić information content (AvgIpc) is 2.74. The van der Waals surface area contributed by atoms with Crippen molar-refractivity contribution in [3.8, 4) is 0 Å². The van der Waals surface area contributed by atoms with E-state index in [1.54, 1.807) is 13.2 Å². The fourth-order valence-corrected chi connectivity index (χ4v) is 2.59. The van der Waals surface area contributed by atoms with Crippen LogP contribution in [-0.4, -0.2) is 23.3 Å². The molecule has 0 spiro atoms. The lowest BCUT2D eigenvalue weighted by molar-refractivity contribution is 0.163. The number of hydrogen-bond acceptors (Lipinski definition) is 3.